The highest BCUT2D eigenvalue weighted by atomic mass is 32.2. The molecule has 0 radical (unpaired) electrons. The summed E-state index contributed by atoms with van der Waals surface area (Å²) in [5.41, 5.74) is 0. The SMILES string of the molecule is CSC(=O)COCCCCCCCCNC(=O)C(C)C. The molecule has 0 aromatic heterocycles. The van der Waals surface area contributed by atoms with Gasteiger partial charge in [-0.15, -0.1) is 0 Å². The van der Waals surface area contributed by atoms with E-state index in [0.717, 1.165) is 32.2 Å². The topological polar surface area (TPSA) is 55.4 Å². The number of ether oxygens (including phenoxy) is 1. The summed E-state index contributed by atoms with van der Waals surface area (Å²) in [6.07, 6.45) is 8.54. The molecule has 0 rings (SSSR count). The first-order chi connectivity index (χ1) is 9.57. The fourth-order valence-corrected chi connectivity index (χ4v) is 1.87. The third-order valence-corrected chi connectivity index (χ3v) is 3.56. The highest BCUT2D eigenvalue weighted by molar-refractivity contribution is 8.13. The summed E-state index contributed by atoms with van der Waals surface area (Å²) in [5, 5.41) is 3.02. The predicted molar refractivity (Wildman–Crippen MR) is 84.9 cm³/mol. The number of hydrogen-bond donors (Lipinski definition) is 1. The molecule has 0 atom stereocenters. The molecule has 0 bridgehead atoms. The lowest BCUT2D eigenvalue weighted by atomic mass is 10.1. The molecular weight excluding hydrogens is 274 g/mol. The second-order valence-electron chi connectivity index (χ2n) is 5.20. The first kappa shape index (κ1) is 19.4. The molecule has 0 fully saturated rings. The van der Waals surface area contributed by atoms with Gasteiger partial charge in [-0.25, -0.2) is 0 Å². The molecule has 0 heterocycles. The van der Waals surface area contributed by atoms with Crippen LogP contribution in [0.4, 0.5) is 0 Å². The minimum atomic E-state index is 0.0768. The van der Waals surface area contributed by atoms with Gasteiger partial charge in [0.15, 0.2) is 0 Å². The van der Waals surface area contributed by atoms with Crippen molar-refractivity contribution in [1.82, 2.24) is 5.32 Å². The largest absolute Gasteiger partial charge is 0.373 e. The van der Waals surface area contributed by atoms with E-state index in [1.807, 2.05) is 13.8 Å². The van der Waals surface area contributed by atoms with Crippen molar-refractivity contribution in [1.29, 1.82) is 0 Å². The molecule has 0 unspecified atom stereocenters. The van der Waals surface area contributed by atoms with Gasteiger partial charge in [-0.2, -0.15) is 0 Å². The summed E-state index contributed by atoms with van der Waals surface area (Å²) in [6.45, 7) is 5.51. The summed E-state index contributed by atoms with van der Waals surface area (Å²) >= 11 is 1.21. The maximum absolute atomic E-state index is 11.3. The third kappa shape index (κ3) is 12.5. The molecule has 0 aliphatic heterocycles. The first-order valence-electron chi connectivity index (χ1n) is 7.50. The fourth-order valence-electron chi connectivity index (χ4n) is 1.67. The maximum Gasteiger partial charge on any atom is 0.222 e. The minimum absolute atomic E-state index is 0.0768. The highest BCUT2D eigenvalue weighted by Crippen LogP contribution is 2.05. The molecular formula is C15H29NO3S. The van der Waals surface area contributed by atoms with Gasteiger partial charge in [-0.05, 0) is 19.1 Å². The van der Waals surface area contributed by atoms with Crippen molar-refractivity contribution in [2.75, 3.05) is 26.0 Å². The Hall–Kier alpha value is -0.550. The van der Waals surface area contributed by atoms with E-state index in [0.29, 0.717) is 6.61 Å². The van der Waals surface area contributed by atoms with Crippen molar-refractivity contribution in [3.05, 3.63) is 0 Å². The fraction of sp³-hybridized carbons (Fsp3) is 0.867. The molecule has 0 saturated heterocycles. The number of carbonyl (C=O) groups excluding carboxylic acids is 2. The number of carbonyl (C=O) groups is 2. The standard InChI is InChI=1S/C15H29NO3S/c1-13(2)15(18)16-10-8-6-4-5-7-9-11-19-12-14(17)20-3/h13H,4-12H2,1-3H3,(H,16,18). The Morgan fingerprint density at radius 3 is 2.25 bits per heavy atom. The zero-order chi connectivity index (χ0) is 15.2. The lowest BCUT2D eigenvalue weighted by molar-refractivity contribution is -0.124. The molecule has 1 N–H and O–H groups in total. The Balaban J connectivity index is 3.14. The van der Waals surface area contributed by atoms with Gasteiger partial charge >= 0.3 is 0 Å². The van der Waals surface area contributed by atoms with E-state index in [-0.39, 0.29) is 23.5 Å². The van der Waals surface area contributed by atoms with E-state index in [1.54, 1.807) is 6.26 Å². The predicted octanol–water partition coefficient (Wildman–Crippen LogP) is 3.01. The van der Waals surface area contributed by atoms with Crippen molar-refractivity contribution in [2.45, 2.75) is 52.4 Å². The van der Waals surface area contributed by atoms with Gasteiger partial charge in [0.1, 0.15) is 6.61 Å². The van der Waals surface area contributed by atoms with E-state index in [4.69, 9.17) is 4.74 Å². The van der Waals surface area contributed by atoms with E-state index >= 15 is 0 Å². The van der Waals surface area contributed by atoms with E-state index < -0.39 is 0 Å². The summed E-state index contributed by atoms with van der Waals surface area (Å²) in [5.74, 6) is 0.218. The minimum Gasteiger partial charge on any atom is -0.373 e. The molecule has 0 aliphatic rings. The van der Waals surface area contributed by atoms with E-state index in [2.05, 4.69) is 5.32 Å². The number of hydrogen-bond acceptors (Lipinski definition) is 4. The monoisotopic (exact) mass is 303 g/mol. The van der Waals surface area contributed by atoms with Gasteiger partial charge in [-0.3, -0.25) is 9.59 Å². The molecule has 118 valence electrons. The normalized spacial score (nSPS) is 10.8. The van der Waals surface area contributed by atoms with Crippen molar-refractivity contribution in [2.24, 2.45) is 5.92 Å². The van der Waals surface area contributed by atoms with Crippen LogP contribution < -0.4 is 5.32 Å². The Bertz CT molecular complexity index is 270. The van der Waals surface area contributed by atoms with E-state index in [1.165, 1.54) is 24.6 Å². The zero-order valence-corrected chi connectivity index (χ0v) is 13.9. The Kier molecular flexibility index (Phi) is 13.1. The molecule has 20 heavy (non-hydrogen) atoms. The molecule has 0 aromatic rings. The first-order valence-corrected chi connectivity index (χ1v) is 8.72. The highest BCUT2D eigenvalue weighted by Gasteiger charge is 2.04. The number of rotatable bonds is 12. The van der Waals surface area contributed by atoms with Crippen molar-refractivity contribution in [3.63, 3.8) is 0 Å². The van der Waals surface area contributed by atoms with Crippen molar-refractivity contribution < 1.29 is 14.3 Å². The maximum atomic E-state index is 11.3. The number of amides is 1. The van der Waals surface area contributed by atoms with Crippen LogP contribution in [0, 0.1) is 5.92 Å². The summed E-state index contributed by atoms with van der Waals surface area (Å²) < 4.78 is 5.26. The van der Waals surface area contributed by atoms with Gasteiger partial charge < -0.3 is 10.1 Å². The number of unbranched alkanes of at least 4 members (excludes halogenated alkanes) is 5. The number of thioether (sulfide) groups is 1. The van der Waals surface area contributed by atoms with Gasteiger partial charge in [0.25, 0.3) is 0 Å². The second kappa shape index (κ2) is 13.4. The van der Waals surface area contributed by atoms with Crippen LogP contribution >= 0.6 is 11.8 Å². The molecule has 0 aromatic carbocycles. The Morgan fingerprint density at radius 2 is 1.65 bits per heavy atom. The van der Waals surface area contributed by atoms with E-state index in [9.17, 15) is 9.59 Å². The smallest absolute Gasteiger partial charge is 0.222 e. The molecule has 0 spiro atoms. The lowest BCUT2D eigenvalue weighted by Gasteiger charge is -2.07. The van der Waals surface area contributed by atoms with Gasteiger partial charge in [-0.1, -0.05) is 51.3 Å². The molecule has 1 amide bonds. The zero-order valence-electron chi connectivity index (χ0n) is 13.1. The quantitative estimate of drug-likeness (QED) is 0.563. The van der Waals surface area contributed by atoms with Crippen molar-refractivity contribution in [3.8, 4) is 0 Å². The van der Waals surface area contributed by atoms with Crippen molar-refractivity contribution >= 4 is 22.8 Å². The molecule has 0 saturated carbocycles. The van der Waals surface area contributed by atoms with Crippen LogP contribution in [-0.4, -0.2) is 37.0 Å². The van der Waals surface area contributed by atoms with Crippen LogP contribution in [0.2, 0.25) is 0 Å². The van der Waals surface area contributed by atoms with Gasteiger partial charge in [0.2, 0.25) is 11.0 Å². The van der Waals surface area contributed by atoms with Crippen LogP contribution in [-0.2, 0) is 14.3 Å². The van der Waals surface area contributed by atoms with Crippen LogP contribution in [0.1, 0.15) is 52.4 Å². The average molecular weight is 303 g/mol. The average Bonchev–Trinajstić information content (AvgIpc) is 2.43. The molecule has 0 aliphatic carbocycles. The Morgan fingerprint density at radius 1 is 1.05 bits per heavy atom. The van der Waals surface area contributed by atoms with Crippen LogP contribution in [0.15, 0.2) is 0 Å². The van der Waals surface area contributed by atoms with Gasteiger partial charge in [0.05, 0.1) is 0 Å². The van der Waals surface area contributed by atoms with Crippen LogP contribution in [0.25, 0.3) is 0 Å². The van der Waals surface area contributed by atoms with Gasteiger partial charge in [0, 0.05) is 19.1 Å². The number of nitrogens with one attached hydrogen (secondary N) is 1. The summed E-state index contributed by atoms with van der Waals surface area (Å²) in [6, 6.07) is 0. The molecule has 4 nitrogen and oxygen atoms in total. The third-order valence-electron chi connectivity index (χ3n) is 2.99. The Labute approximate surface area is 127 Å². The second-order valence-corrected chi connectivity index (χ2v) is 6.06. The van der Waals surface area contributed by atoms with Crippen LogP contribution in [0.5, 0.6) is 0 Å². The lowest BCUT2D eigenvalue weighted by Crippen LogP contribution is -2.28. The molecule has 5 heteroatoms. The summed E-state index contributed by atoms with van der Waals surface area (Å²) in [7, 11) is 0. The summed E-state index contributed by atoms with van der Waals surface area (Å²) in [4.78, 5) is 22.2. The van der Waals surface area contributed by atoms with Crippen LogP contribution in [0.3, 0.4) is 0 Å².